The Bertz CT molecular complexity index is 602. The Kier molecular flexibility index (Phi) is 3.27. The molecule has 2 heterocycles. The number of hydrogen-bond donors (Lipinski definition) is 0. The maximum atomic E-state index is 11.2. The Morgan fingerprint density at radius 1 is 1.47 bits per heavy atom. The van der Waals surface area contributed by atoms with Gasteiger partial charge in [-0.2, -0.15) is 0 Å². The van der Waals surface area contributed by atoms with E-state index in [0.29, 0.717) is 17.4 Å². The summed E-state index contributed by atoms with van der Waals surface area (Å²) in [5, 5.41) is 1.33. The van der Waals surface area contributed by atoms with Gasteiger partial charge in [-0.05, 0) is 12.1 Å². The van der Waals surface area contributed by atoms with Gasteiger partial charge >= 0.3 is 6.16 Å². The van der Waals surface area contributed by atoms with Crippen LogP contribution in [0.1, 0.15) is 0 Å². The van der Waals surface area contributed by atoms with Crippen LogP contribution in [0.3, 0.4) is 0 Å². The van der Waals surface area contributed by atoms with E-state index in [4.69, 9.17) is 14.2 Å². The van der Waals surface area contributed by atoms with Crippen LogP contribution in [-0.4, -0.2) is 32.6 Å². The van der Waals surface area contributed by atoms with Crippen LogP contribution in [0.4, 0.5) is 4.79 Å². The van der Waals surface area contributed by atoms with Crippen molar-refractivity contribution in [2.75, 3.05) is 20.3 Å². The molecule has 0 bridgehead atoms. The van der Waals surface area contributed by atoms with E-state index in [9.17, 15) is 4.79 Å². The molecular weight excluding hydrogens is 268 g/mol. The monoisotopic (exact) mass is 280 g/mol. The maximum Gasteiger partial charge on any atom is 0.514 e. The molecule has 1 atom stereocenters. The summed E-state index contributed by atoms with van der Waals surface area (Å²) in [6.45, 7) is 1.17. The number of methoxy groups -OCH3 is 1. The quantitative estimate of drug-likeness (QED) is 0.636. The SMILES string of the molecule is COC(=O)Oc1sc2ccccc2c1OCC1CO1. The number of thiophene rings is 1. The van der Waals surface area contributed by atoms with Gasteiger partial charge in [0.25, 0.3) is 0 Å². The lowest BCUT2D eigenvalue weighted by Gasteiger charge is -2.06. The first-order valence-corrected chi connectivity index (χ1v) is 6.61. The van der Waals surface area contributed by atoms with Crippen molar-refractivity contribution in [3.63, 3.8) is 0 Å². The largest absolute Gasteiger partial charge is 0.514 e. The van der Waals surface area contributed by atoms with Crippen molar-refractivity contribution >= 4 is 27.6 Å². The molecule has 19 heavy (non-hydrogen) atoms. The van der Waals surface area contributed by atoms with E-state index in [-0.39, 0.29) is 6.10 Å². The first-order chi connectivity index (χ1) is 9.28. The minimum Gasteiger partial charge on any atom is -0.485 e. The zero-order chi connectivity index (χ0) is 13.2. The molecule has 1 aromatic carbocycles. The second-order valence-corrected chi connectivity index (χ2v) is 5.05. The van der Waals surface area contributed by atoms with E-state index >= 15 is 0 Å². The average molecular weight is 280 g/mol. The highest BCUT2D eigenvalue weighted by Crippen LogP contribution is 2.44. The van der Waals surface area contributed by atoms with Crippen LogP contribution in [0, 0.1) is 0 Å². The van der Waals surface area contributed by atoms with E-state index < -0.39 is 6.16 Å². The van der Waals surface area contributed by atoms with Crippen molar-refractivity contribution in [3.8, 4) is 10.8 Å². The number of rotatable bonds is 4. The lowest BCUT2D eigenvalue weighted by atomic mass is 10.2. The van der Waals surface area contributed by atoms with Crippen molar-refractivity contribution < 1.29 is 23.7 Å². The molecule has 0 radical (unpaired) electrons. The molecule has 100 valence electrons. The molecule has 0 amide bonds. The molecule has 1 fully saturated rings. The van der Waals surface area contributed by atoms with Gasteiger partial charge in [0.1, 0.15) is 12.7 Å². The molecule has 0 saturated carbocycles. The Hall–Kier alpha value is -1.79. The van der Waals surface area contributed by atoms with Crippen LogP contribution in [0.15, 0.2) is 24.3 Å². The van der Waals surface area contributed by atoms with Crippen LogP contribution in [0.2, 0.25) is 0 Å². The zero-order valence-corrected chi connectivity index (χ0v) is 11.1. The first-order valence-electron chi connectivity index (χ1n) is 5.79. The lowest BCUT2D eigenvalue weighted by molar-refractivity contribution is 0.121. The number of ether oxygens (including phenoxy) is 4. The van der Waals surface area contributed by atoms with Crippen LogP contribution >= 0.6 is 11.3 Å². The minimum atomic E-state index is -0.751. The molecule has 3 rings (SSSR count). The standard InChI is InChI=1S/C13H12O5S/c1-15-13(14)18-12-11(17-7-8-6-16-8)9-4-2-3-5-10(9)19-12/h2-5,8H,6-7H2,1H3. The van der Waals surface area contributed by atoms with Gasteiger partial charge in [-0.15, -0.1) is 0 Å². The van der Waals surface area contributed by atoms with Crippen molar-refractivity contribution in [3.05, 3.63) is 24.3 Å². The van der Waals surface area contributed by atoms with Crippen molar-refractivity contribution in [2.24, 2.45) is 0 Å². The van der Waals surface area contributed by atoms with Gasteiger partial charge in [-0.25, -0.2) is 4.79 Å². The van der Waals surface area contributed by atoms with Crippen LogP contribution < -0.4 is 9.47 Å². The molecular formula is C13H12O5S. The van der Waals surface area contributed by atoms with Gasteiger partial charge in [0.15, 0.2) is 5.75 Å². The number of carbonyl (C=O) groups excluding carboxylic acids is 1. The lowest BCUT2D eigenvalue weighted by Crippen LogP contribution is -2.09. The second kappa shape index (κ2) is 5.07. The van der Waals surface area contributed by atoms with Crippen molar-refractivity contribution in [2.45, 2.75) is 6.10 Å². The highest BCUT2D eigenvalue weighted by atomic mass is 32.1. The van der Waals surface area contributed by atoms with Gasteiger partial charge in [0, 0.05) is 10.1 Å². The maximum absolute atomic E-state index is 11.2. The summed E-state index contributed by atoms with van der Waals surface area (Å²) in [5.74, 6) is 0.571. The second-order valence-electron chi connectivity index (χ2n) is 4.04. The summed E-state index contributed by atoms with van der Waals surface area (Å²) in [6, 6.07) is 7.72. The summed E-state index contributed by atoms with van der Waals surface area (Å²) < 4.78 is 21.4. The van der Waals surface area contributed by atoms with Crippen molar-refractivity contribution in [1.29, 1.82) is 0 Å². The Morgan fingerprint density at radius 3 is 3.00 bits per heavy atom. The average Bonchev–Trinajstić information content (AvgIpc) is 3.19. The third-order valence-corrected chi connectivity index (χ3v) is 3.71. The number of benzene rings is 1. The van der Waals surface area contributed by atoms with Gasteiger partial charge in [-0.3, -0.25) is 0 Å². The van der Waals surface area contributed by atoms with Crippen LogP contribution in [0.5, 0.6) is 10.8 Å². The summed E-state index contributed by atoms with van der Waals surface area (Å²) in [6.07, 6.45) is -0.608. The molecule has 1 saturated heterocycles. The van der Waals surface area contributed by atoms with Crippen LogP contribution in [0.25, 0.3) is 10.1 Å². The van der Waals surface area contributed by atoms with E-state index in [1.54, 1.807) is 0 Å². The van der Waals surface area contributed by atoms with Gasteiger partial charge < -0.3 is 18.9 Å². The fraction of sp³-hybridized carbons (Fsp3) is 0.308. The third-order valence-electron chi connectivity index (χ3n) is 2.68. The van der Waals surface area contributed by atoms with Crippen LogP contribution in [-0.2, 0) is 9.47 Å². The molecule has 1 aliphatic heterocycles. The molecule has 1 aromatic heterocycles. The predicted molar refractivity (Wildman–Crippen MR) is 70.1 cm³/mol. The van der Waals surface area contributed by atoms with E-state index in [1.165, 1.54) is 18.4 Å². The van der Waals surface area contributed by atoms with Gasteiger partial charge in [0.2, 0.25) is 5.06 Å². The Labute approximate surface area is 113 Å². The zero-order valence-electron chi connectivity index (χ0n) is 10.3. The van der Waals surface area contributed by atoms with Gasteiger partial charge in [0.05, 0.1) is 13.7 Å². The van der Waals surface area contributed by atoms with Gasteiger partial charge in [-0.1, -0.05) is 23.5 Å². The number of hydrogen-bond acceptors (Lipinski definition) is 6. The molecule has 1 unspecified atom stereocenters. The molecule has 0 aliphatic carbocycles. The predicted octanol–water partition coefficient (Wildman–Crippen LogP) is 2.82. The van der Waals surface area contributed by atoms with Crippen molar-refractivity contribution in [1.82, 2.24) is 0 Å². The summed E-state index contributed by atoms with van der Waals surface area (Å²) in [7, 11) is 1.27. The number of fused-ring (bicyclic) bond motifs is 1. The van der Waals surface area contributed by atoms with E-state index in [2.05, 4.69) is 4.74 Å². The minimum absolute atomic E-state index is 0.143. The number of epoxide rings is 1. The highest BCUT2D eigenvalue weighted by molar-refractivity contribution is 7.21. The topological polar surface area (TPSA) is 57.3 Å². The van der Waals surface area contributed by atoms with E-state index in [1.807, 2.05) is 24.3 Å². The Balaban J connectivity index is 1.92. The summed E-state index contributed by atoms with van der Waals surface area (Å²) >= 11 is 1.35. The molecule has 2 aromatic rings. The summed E-state index contributed by atoms with van der Waals surface area (Å²) in [5.41, 5.74) is 0. The fourth-order valence-corrected chi connectivity index (χ4v) is 2.65. The molecule has 5 nitrogen and oxygen atoms in total. The summed E-state index contributed by atoms with van der Waals surface area (Å²) in [4.78, 5) is 11.2. The Morgan fingerprint density at radius 2 is 2.26 bits per heavy atom. The molecule has 0 N–H and O–H groups in total. The molecule has 0 spiro atoms. The highest BCUT2D eigenvalue weighted by Gasteiger charge is 2.25. The number of carbonyl (C=O) groups is 1. The molecule has 1 aliphatic rings. The fourth-order valence-electron chi connectivity index (χ4n) is 1.66. The smallest absolute Gasteiger partial charge is 0.485 e. The van der Waals surface area contributed by atoms with E-state index in [0.717, 1.165) is 16.7 Å². The third kappa shape index (κ3) is 2.64. The first kappa shape index (κ1) is 12.3. The molecule has 6 heteroatoms. The normalized spacial score (nSPS) is 17.2.